The molecule has 1 aliphatic rings. The zero-order valence-electron chi connectivity index (χ0n) is 21.4. The van der Waals surface area contributed by atoms with Gasteiger partial charge < -0.3 is 19.2 Å². The Morgan fingerprint density at radius 3 is 2.59 bits per heavy atom. The van der Waals surface area contributed by atoms with Crippen LogP contribution in [0.25, 0.3) is 10.9 Å². The number of fused-ring (bicyclic) bond motifs is 1. The quantitative estimate of drug-likeness (QED) is 0.351. The number of hydrogen-bond acceptors (Lipinski definition) is 8. The fourth-order valence-electron chi connectivity index (χ4n) is 4.72. The topological polar surface area (TPSA) is 107 Å². The highest BCUT2D eigenvalue weighted by Gasteiger charge is 2.21. The summed E-state index contributed by atoms with van der Waals surface area (Å²) in [6, 6.07) is 14.0. The van der Waals surface area contributed by atoms with E-state index in [1.54, 1.807) is 20.3 Å². The maximum Gasteiger partial charge on any atom is 0.252 e. The predicted molar refractivity (Wildman–Crippen MR) is 139 cm³/mol. The molecule has 1 aliphatic heterocycles. The Morgan fingerprint density at radius 2 is 1.86 bits per heavy atom. The summed E-state index contributed by atoms with van der Waals surface area (Å²) < 4.78 is 18.5. The van der Waals surface area contributed by atoms with Crippen LogP contribution in [-0.4, -0.2) is 57.0 Å². The van der Waals surface area contributed by atoms with Gasteiger partial charge in [0.15, 0.2) is 17.3 Å². The number of tetrazole rings is 1. The third-order valence-electron chi connectivity index (χ3n) is 6.72. The van der Waals surface area contributed by atoms with E-state index in [1.807, 2.05) is 16.8 Å². The molecular formula is C27H32N6O4. The first-order chi connectivity index (χ1) is 18.0. The summed E-state index contributed by atoms with van der Waals surface area (Å²) >= 11 is 0. The zero-order valence-corrected chi connectivity index (χ0v) is 21.4. The van der Waals surface area contributed by atoms with Crippen LogP contribution < -0.4 is 15.0 Å². The van der Waals surface area contributed by atoms with Gasteiger partial charge in [-0.1, -0.05) is 29.8 Å². The molecule has 2 aromatic heterocycles. The highest BCUT2D eigenvalue weighted by molar-refractivity contribution is 5.83. The fraction of sp³-hybridized carbons (Fsp3) is 0.407. The van der Waals surface area contributed by atoms with Crippen LogP contribution in [0.15, 0.2) is 47.3 Å². The van der Waals surface area contributed by atoms with Crippen LogP contribution in [0.3, 0.4) is 0 Å². The molecule has 0 aliphatic carbocycles. The van der Waals surface area contributed by atoms with Crippen LogP contribution in [0.4, 0.5) is 0 Å². The molecule has 1 fully saturated rings. The molecule has 194 valence electrons. The standard InChI is InChI=1S/C27H32N6O4/c1-18-6-8-19(9-7-18)14-32(17-26-29-30-31-33(26)16-22-5-4-10-37-22)15-21-11-20-12-24(35-2)25(36-3)13-23(20)28-27(21)34/h6-9,11-13,22H,4-5,10,14-17H2,1-3H3,(H,28,34)/t22-/m0/s1. The number of hydrogen-bond donors (Lipinski definition) is 1. The second kappa shape index (κ2) is 11.1. The van der Waals surface area contributed by atoms with Crippen molar-refractivity contribution in [2.24, 2.45) is 0 Å². The van der Waals surface area contributed by atoms with E-state index in [0.717, 1.165) is 36.2 Å². The van der Waals surface area contributed by atoms with Crippen molar-refractivity contribution in [3.05, 3.63) is 75.3 Å². The molecule has 1 atom stereocenters. The molecule has 0 bridgehead atoms. The van der Waals surface area contributed by atoms with Gasteiger partial charge in [0.25, 0.3) is 5.56 Å². The van der Waals surface area contributed by atoms with Crippen molar-refractivity contribution in [3.63, 3.8) is 0 Å². The zero-order chi connectivity index (χ0) is 25.8. The molecule has 0 radical (unpaired) electrons. The normalized spacial score (nSPS) is 15.5. The number of benzene rings is 2. The number of ether oxygens (including phenoxy) is 3. The van der Waals surface area contributed by atoms with Crippen molar-refractivity contribution in [2.45, 2.75) is 52.0 Å². The molecule has 37 heavy (non-hydrogen) atoms. The molecule has 0 spiro atoms. The number of nitrogens with zero attached hydrogens (tertiary/aromatic N) is 5. The molecule has 4 aromatic rings. The van der Waals surface area contributed by atoms with Crippen LogP contribution in [-0.2, 0) is 30.9 Å². The van der Waals surface area contributed by atoms with E-state index in [-0.39, 0.29) is 11.7 Å². The first kappa shape index (κ1) is 24.9. The largest absolute Gasteiger partial charge is 0.493 e. The van der Waals surface area contributed by atoms with Crippen LogP contribution in [0.5, 0.6) is 11.5 Å². The molecule has 2 aromatic carbocycles. The average Bonchev–Trinajstić information content (AvgIpc) is 3.57. The molecule has 1 saturated heterocycles. The van der Waals surface area contributed by atoms with Gasteiger partial charge in [-0.25, -0.2) is 4.68 Å². The monoisotopic (exact) mass is 504 g/mol. The number of aromatic nitrogens is 5. The number of methoxy groups -OCH3 is 2. The van der Waals surface area contributed by atoms with Gasteiger partial charge in [0.05, 0.1) is 38.9 Å². The van der Waals surface area contributed by atoms with E-state index in [4.69, 9.17) is 14.2 Å². The minimum Gasteiger partial charge on any atom is -0.493 e. The smallest absolute Gasteiger partial charge is 0.252 e. The SMILES string of the molecule is COc1cc2cc(CN(Cc3ccc(C)cc3)Cc3nnnn3C[C@@H]3CCCO3)c(=O)[nH]c2cc1OC. The molecule has 1 N–H and O–H groups in total. The molecule has 0 unspecified atom stereocenters. The van der Waals surface area contributed by atoms with E-state index in [9.17, 15) is 4.79 Å². The van der Waals surface area contributed by atoms with Crippen molar-refractivity contribution in [1.82, 2.24) is 30.1 Å². The van der Waals surface area contributed by atoms with Crippen LogP contribution >= 0.6 is 0 Å². The number of nitrogens with one attached hydrogen (secondary N) is 1. The molecule has 3 heterocycles. The van der Waals surface area contributed by atoms with Crippen LogP contribution in [0, 0.1) is 6.92 Å². The van der Waals surface area contributed by atoms with Crippen molar-refractivity contribution in [2.75, 3.05) is 20.8 Å². The summed E-state index contributed by atoms with van der Waals surface area (Å²) in [6.07, 6.45) is 2.19. The summed E-state index contributed by atoms with van der Waals surface area (Å²) in [5, 5.41) is 13.3. The van der Waals surface area contributed by atoms with Gasteiger partial charge in [0.1, 0.15) is 0 Å². The number of pyridine rings is 1. The lowest BCUT2D eigenvalue weighted by atomic mass is 10.1. The summed E-state index contributed by atoms with van der Waals surface area (Å²) in [5.41, 5.74) is 3.54. The number of aryl methyl sites for hydroxylation is 1. The number of aromatic amines is 1. The number of H-pyrrole nitrogens is 1. The predicted octanol–water partition coefficient (Wildman–Crippen LogP) is 3.22. The van der Waals surface area contributed by atoms with Gasteiger partial charge in [-0.3, -0.25) is 9.69 Å². The van der Waals surface area contributed by atoms with E-state index < -0.39 is 0 Å². The van der Waals surface area contributed by atoms with Crippen molar-refractivity contribution < 1.29 is 14.2 Å². The highest BCUT2D eigenvalue weighted by Crippen LogP contribution is 2.31. The van der Waals surface area contributed by atoms with Gasteiger partial charge in [0.2, 0.25) is 0 Å². The Labute approximate surface area is 215 Å². The van der Waals surface area contributed by atoms with Gasteiger partial charge in [0, 0.05) is 36.7 Å². The van der Waals surface area contributed by atoms with Crippen molar-refractivity contribution >= 4 is 10.9 Å². The molecule has 10 heteroatoms. The Morgan fingerprint density at radius 1 is 1.08 bits per heavy atom. The summed E-state index contributed by atoms with van der Waals surface area (Å²) in [7, 11) is 3.17. The second-order valence-corrected chi connectivity index (χ2v) is 9.46. The number of rotatable bonds is 10. The minimum atomic E-state index is -0.146. The second-order valence-electron chi connectivity index (χ2n) is 9.46. The third kappa shape index (κ3) is 5.81. The average molecular weight is 505 g/mol. The molecule has 10 nitrogen and oxygen atoms in total. The maximum absolute atomic E-state index is 13.1. The molecule has 5 rings (SSSR count). The Bertz CT molecular complexity index is 1410. The maximum atomic E-state index is 13.1. The first-order valence-corrected chi connectivity index (χ1v) is 12.4. The van der Waals surface area contributed by atoms with Gasteiger partial charge in [-0.2, -0.15) is 0 Å². The Hall–Kier alpha value is -3.76. The van der Waals surface area contributed by atoms with Crippen molar-refractivity contribution in [1.29, 1.82) is 0 Å². The van der Waals surface area contributed by atoms with Gasteiger partial charge in [-0.15, -0.1) is 5.10 Å². The molecule has 0 amide bonds. The summed E-state index contributed by atoms with van der Waals surface area (Å²) in [6.45, 7) is 5.01. The molecule has 0 saturated carbocycles. The minimum absolute atomic E-state index is 0.128. The van der Waals surface area contributed by atoms with E-state index in [2.05, 4.69) is 56.6 Å². The van der Waals surface area contributed by atoms with Gasteiger partial charge in [-0.05, 0) is 47.9 Å². The third-order valence-corrected chi connectivity index (χ3v) is 6.72. The summed E-state index contributed by atoms with van der Waals surface area (Å²) in [5.74, 6) is 1.92. The van der Waals surface area contributed by atoms with Crippen molar-refractivity contribution in [3.8, 4) is 11.5 Å². The Kier molecular flexibility index (Phi) is 7.47. The lowest BCUT2D eigenvalue weighted by Crippen LogP contribution is -2.29. The van der Waals surface area contributed by atoms with Crippen LogP contribution in [0.2, 0.25) is 0 Å². The molecular weight excluding hydrogens is 472 g/mol. The first-order valence-electron chi connectivity index (χ1n) is 12.4. The summed E-state index contributed by atoms with van der Waals surface area (Å²) in [4.78, 5) is 18.3. The lowest BCUT2D eigenvalue weighted by molar-refractivity contribution is 0.0914. The highest BCUT2D eigenvalue weighted by atomic mass is 16.5. The lowest BCUT2D eigenvalue weighted by Gasteiger charge is -2.22. The fourth-order valence-corrected chi connectivity index (χ4v) is 4.72. The van der Waals surface area contributed by atoms with Crippen LogP contribution in [0.1, 0.15) is 35.4 Å². The van der Waals surface area contributed by atoms with E-state index in [0.29, 0.717) is 48.8 Å². The van der Waals surface area contributed by atoms with E-state index in [1.165, 1.54) is 5.56 Å². The Balaban J connectivity index is 1.44. The van der Waals surface area contributed by atoms with Gasteiger partial charge >= 0.3 is 0 Å². The van der Waals surface area contributed by atoms with E-state index >= 15 is 0 Å².